The van der Waals surface area contributed by atoms with Crippen molar-refractivity contribution in [1.29, 1.82) is 0 Å². The molecule has 1 aliphatic heterocycles. The second kappa shape index (κ2) is 9.39. The minimum Gasteiger partial charge on any atom is -0.487 e. The Morgan fingerprint density at radius 1 is 1.18 bits per heavy atom. The van der Waals surface area contributed by atoms with Crippen LogP contribution in [0.3, 0.4) is 0 Å². The van der Waals surface area contributed by atoms with Crippen molar-refractivity contribution in [3.05, 3.63) is 23.2 Å². The predicted octanol–water partition coefficient (Wildman–Crippen LogP) is 2.87. The van der Waals surface area contributed by atoms with Gasteiger partial charge in [0.2, 0.25) is 17.7 Å². The zero-order chi connectivity index (χ0) is 20.1. The highest BCUT2D eigenvalue weighted by molar-refractivity contribution is 6.32. The van der Waals surface area contributed by atoms with Gasteiger partial charge < -0.3 is 14.8 Å². The van der Waals surface area contributed by atoms with Crippen molar-refractivity contribution in [2.45, 2.75) is 32.1 Å². The lowest BCUT2D eigenvalue weighted by Crippen LogP contribution is -2.34. The van der Waals surface area contributed by atoms with Gasteiger partial charge in [-0.25, -0.2) is 0 Å². The highest BCUT2D eigenvalue weighted by atomic mass is 35.5. The predicted molar refractivity (Wildman–Crippen MR) is 104 cm³/mol. The molecule has 2 atom stereocenters. The van der Waals surface area contributed by atoms with Gasteiger partial charge in [0.25, 0.3) is 0 Å². The minimum absolute atomic E-state index is 0.0287. The van der Waals surface area contributed by atoms with Gasteiger partial charge in [-0.2, -0.15) is 0 Å². The average molecular weight is 409 g/mol. The number of ether oxygens (including phenoxy) is 2. The fraction of sp³-hybridized carbons (Fsp3) is 0.550. The van der Waals surface area contributed by atoms with Gasteiger partial charge in [-0.3, -0.25) is 19.3 Å². The topological polar surface area (TPSA) is 84.9 Å². The first-order chi connectivity index (χ1) is 13.5. The van der Waals surface area contributed by atoms with Crippen LogP contribution in [-0.2, 0) is 19.1 Å². The molecule has 2 aliphatic rings. The zero-order valence-corrected chi connectivity index (χ0v) is 16.7. The number of carbonyl (C=O) groups excluding carboxylic acids is 3. The number of nitrogens with zero attached hydrogens (tertiary/aromatic N) is 1. The minimum atomic E-state index is -0.311. The molecule has 3 amide bonds. The van der Waals surface area contributed by atoms with E-state index in [1.807, 2.05) is 0 Å². The van der Waals surface area contributed by atoms with Gasteiger partial charge in [0.05, 0.1) is 29.2 Å². The molecule has 2 fully saturated rings. The summed E-state index contributed by atoms with van der Waals surface area (Å²) >= 11 is 6.17. The van der Waals surface area contributed by atoms with Gasteiger partial charge in [0, 0.05) is 20.1 Å². The molecule has 28 heavy (non-hydrogen) atoms. The largest absolute Gasteiger partial charge is 0.487 e. The average Bonchev–Trinajstić information content (AvgIpc) is 2.93. The third kappa shape index (κ3) is 4.47. The summed E-state index contributed by atoms with van der Waals surface area (Å²) in [5, 5.41) is 3.13. The number of anilines is 1. The summed E-state index contributed by atoms with van der Waals surface area (Å²) in [5.74, 6) is -0.595. The van der Waals surface area contributed by atoms with Crippen LogP contribution in [0.2, 0.25) is 5.02 Å². The van der Waals surface area contributed by atoms with Crippen molar-refractivity contribution in [3.63, 3.8) is 0 Å². The van der Waals surface area contributed by atoms with Crippen LogP contribution in [0.5, 0.6) is 5.75 Å². The Labute approximate surface area is 169 Å². The first kappa shape index (κ1) is 20.6. The smallest absolute Gasteiger partial charge is 0.233 e. The second-order valence-electron chi connectivity index (χ2n) is 7.08. The maximum atomic E-state index is 12.5. The molecule has 1 aliphatic carbocycles. The molecular weight excluding hydrogens is 384 g/mol. The molecular formula is C20H25ClN2O5. The molecule has 0 spiro atoms. The van der Waals surface area contributed by atoms with Crippen LogP contribution in [-0.4, -0.2) is 49.5 Å². The summed E-state index contributed by atoms with van der Waals surface area (Å²) in [7, 11) is 1.57. The molecule has 1 aromatic rings. The van der Waals surface area contributed by atoms with E-state index in [1.54, 1.807) is 25.3 Å². The normalized spacial score (nSPS) is 21.6. The molecule has 1 saturated carbocycles. The Hall–Kier alpha value is -2.12. The molecule has 1 N–H and O–H groups in total. The van der Waals surface area contributed by atoms with Crippen molar-refractivity contribution in [1.82, 2.24) is 4.90 Å². The fourth-order valence-electron chi connectivity index (χ4n) is 3.86. The number of amides is 3. The SMILES string of the molecule is COCCOc1c(Cl)cccc1NC(=O)CCN1C(=O)C2CCCCC2C1=O. The van der Waals surface area contributed by atoms with Gasteiger partial charge in [0.15, 0.2) is 5.75 Å². The van der Waals surface area contributed by atoms with E-state index in [1.165, 1.54) is 4.90 Å². The number of halogens is 1. The summed E-state index contributed by atoms with van der Waals surface area (Å²) in [4.78, 5) is 38.6. The van der Waals surface area contributed by atoms with E-state index in [0.29, 0.717) is 29.7 Å². The Kier molecular flexibility index (Phi) is 6.91. The van der Waals surface area contributed by atoms with Crippen LogP contribution >= 0.6 is 11.6 Å². The summed E-state index contributed by atoms with van der Waals surface area (Å²) in [6.45, 7) is 0.777. The molecule has 3 rings (SSSR count). The molecule has 0 aromatic heterocycles. The number of hydrogen-bond acceptors (Lipinski definition) is 5. The monoisotopic (exact) mass is 408 g/mol. The van der Waals surface area contributed by atoms with Crippen LogP contribution in [0.25, 0.3) is 0 Å². The number of likely N-dealkylation sites (tertiary alicyclic amines) is 1. The van der Waals surface area contributed by atoms with E-state index in [-0.39, 0.29) is 42.5 Å². The number of carbonyl (C=O) groups is 3. The molecule has 1 aromatic carbocycles. The molecule has 0 bridgehead atoms. The number of nitrogens with one attached hydrogen (secondary N) is 1. The van der Waals surface area contributed by atoms with Crippen molar-refractivity contribution in [3.8, 4) is 5.75 Å². The molecule has 0 radical (unpaired) electrons. The quantitative estimate of drug-likeness (QED) is 0.528. The summed E-state index contributed by atoms with van der Waals surface area (Å²) < 4.78 is 10.6. The highest BCUT2D eigenvalue weighted by Crippen LogP contribution is 2.38. The van der Waals surface area contributed by atoms with E-state index in [0.717, 1.165) is 25.7 Å². The van der Waals surface area contributed by atoms with E-state index in [9.17, 15) is 14.4 Å². The number of methoxy groups -OCH3 is 1. The molecule has 8 heteroatoms. The zero-order valence-electron chi connectivity index (χ0n) is 15.9. The lowest BCUT2D eigenvalue weighted by Gasteiger charge is -2.19. The van der Waals surface area contributed by atoms with Crippen LogP contribution in [0.1, 0.15) is 32.1 Å². The van der Waals surface area contributed by atoms with Crippen LogP contribution in [0.15, 0.2) is 18.2 Å². The van der Waals surface area contributed by atoms with Gasteiger partial charge in [-0.1, -0.05) is 30.5 Å². The van der Waals surface area contributed by atoms with Gasteiger partial charge in [-0.15, -0.1) is 0 Å². The number of fused-ring (bicyclic) bond motifs is 1. The van der Waals surface area contributed by atoms with Crippen molar-refractivity contribution in [2.24, 2.45) is 11.8 Å². The van der Waals surface area contributed by atoms with E-state index < -0.39 is 0 Å². The van der Waals surface area contributed by atoms with E-state index in [4.69, 9.17) is 21.1 Å². The number of rotatable bonds is 8. The first-order valence-electron chi connectivity index (χ1n) is 9.58. The Morgan fingerprint density at radius 2 is 1.86 bits per heavy atom. The van der Waals surface area contributed by atoms with Crippen molar-refractivity contribution >= 4 is 35.0 Å². The van der Waals surface area contributed by atoms with Crippen molar-refractivity contribution < 1.29 is 23.9 Å². The van der Waals surface area contributed by atoms with Crippen LogP contribution in [0, 0.1) is 11.8 Å². The Bertz CT molecular complexity index is 730. The number of hydrogen-bond donors (Lipinski definition) is 1. The third-order valence-electron chi connectivity index (χ3n) is 5.27. The molecule has 1 saturated heterocycles. The fourth-order valence-corrected chi connectivity index (χ4v) is 4.09. The Morgan fingerprint density at radius 3 is 2.50 bits per heavy atom. The highest BCUT2D eigenvalue weighted by Gasteiger charge is 2.47. The maximum absolute atomic E-state index is 12.5. The first-order valence-corrected chi connectivity index (χ1v) is 9.96. The standard InChI is InChI=1S/C20H25ClN2O5/c1-27-11-12-28-18-15(21)7-4-8-16(18)22-17(24)9-10-23-19(25)13-5-2-3-6-14(13)20(23)26/h4,7-8,13-14H,2-3,5-6,9-12H2,1H3,(H,22,24). The molecule has 152 valence electrons. The summed E-state index contributed by atoms with van der Waals surface area (Å²) in [6.07, 6.45) is 3.52. The van der Waals surface area contributed by atoms with E-state index >= 15 is 0 Å². The van der Waals surface area contributed by atoms with Gasteiger partial charge in [-0.05, 0) is 25.0 Å². The van der Waals surface area contributed by atoms with Gasteiger partial charge in [0.1, 0.15) is 6.61 Å². The van der Waals surface area contributed by atoms with E-state index in [2.05, 4.69) is 5.32 Å². The summed E-state index contributed by atoms with van der Waals surface area (Å²) in [5.41, 5.74) is 0.446. The third-order valence-corrected chi connectivity index (χ3v) is 5.57. The second-order valence-corrected chi connectivity index (χ2v) is 7.49. The molecule has 7 nitrogen and oxygen atoms in total. The van der Waals surface area contributed by atoms with Crippen molar-refractivity contribution in [2.75, 3.05) is 32.2 Å². The molecule has 1 heterocycles. The Balaban J connectivity index is 1.58. The van der Waals surface area contributed by atoms with Gasteiger partial charge >= 0.3 is 0 Å². The lowest BCUT2D eigenvalue weighted by atomic mass is 9.81. The maximum Gasteiger partial charge on any atom is 0.233 e. The molecule has 2 unspecified atom stereocenters. The number of imide groups is 1. The van der Waals surface area contributed by atoms with Crippen LogP contribution in [0.4, 0.5) is 5.69 Å². The number of para-hydroxylation sites is 1. The number of benzene rings is 1. The lowest BCUT2D eigenvalue weighted by molar-refractivity contribution is -0.140. The van der Waals surface area contributed by atoms with Crippen LogP contribution < -0.4 is 10.1 Å². The summed E-state index contributed by atoms with van der Waals surface area (Å²) in [6, 6.07) is 5.06.